The van der Waals surface area contributed by atoms with Crippen LogP contribution in [0, 0.1) is 11.8 Å². The average Bonchev–Trinajstić information content (AvgIpc) is 3.49. The second kappa shape index (κ2) is 8.46. The molecule has 2 amide bonds. The van der Waals surface area contributed by atoms with E-state index >= 15 is 0 Å². The molecule has 3 aliphatic rings. The van der Waals surface area contributed by atoms with Gasteiger partial charge in [-0.1, -0.05) is 48.9 Å². The molecule has 30 heavy (non-hydrogen) atoms. The fraction of sp³-hybridized carbons (Fsp3) is 0.440. The predicted octanol–water partition coefficient (Wildman–Crippen LogP) is 4.42. The summed E-state index contributed by atoms with van der Waals surface area (Å²) in [5, 5.41) is 3.29. The van der Waals surface area contributed by atoms with E-state index in [2.05, 4.69) is 17.4 Å². The maximum atomic E-state index is 12.7. The molecule has 2 bridgehead atoms. The van der Waals surface area contributed by atoms with E-state index in [1.165, 1.54) is 24.8 Å². The molecule has 2 aliphatic carbocycles. The van der Waals surface area contributed by atoms with Crippen LogP contribution in [0.25, 0.3) is 0 Å². The second-order valence-corrected chi connectivity index (χ2v) is 9.93. The van der Waals surface area contributed by atoms with E-state index in [0.717, 1.165) is 24.3 Å². The highest BCUT2D eigenvalue weighted by Gasteiger charge is 2.40. The van der Waals surface area contributed by atoms with Crippen LogP contribution in [0.3, 0.4) is 0 Å². The summed E-state index contributed by atoms with van der Waals surface area (Å²) in [5.74, 6) is 2.25. The Morgan fingerprint density at radius 2 is 1.83 bits per heavy atom. The normalized spacial score (nSPS) is 27.6. The van der Waals surface area contributed by atoms with E-state index in [9.17, 15) is 9.59 Å². The minimum absolute atomic E-state index is 0.0314. The van der Waals surface area contributed by atoms with Gasteiger partial charge in [0.1, 0.15) is 5.37 Å². The number of nitrogens with one attached hydrogen (secondary N) is 1. The molecule has 1 heterocycles. The Morgan fingerprint density at radius 1 is 1.03 bits per heavy atom. The van der Waals surface area contributed by atoms with Crippen LogP contribution >= 0.6 is 11.8 Å². The molecule has 0 radical (unpaired) electrons. The number of benzene rings is 2. The summed E-state index contributed by atoms with van der Waals surface area (Å²) < 4.78 is 0. The minimum atomic E-state index is 0.0314. The lowest BCUT2D eigenvalue weighted by atomic mass is 9.95. The van der Waals surface area contributed by atoms with E-state index < -0.39 is 0 Å². The molecule has 1 N–H and O–H groups in total. The van der Waals surface area contributed by atoms with Crippen molar-refractivity contribution in [2.24, 2.45) is 11.8 Å². The van der Waals surface area contributed by atoms with Crippen molar-refractivity contribution >= 4 is 23.6 Å². The fourth-order valence-electron chi connectivity index (χ4n) is 5.34. The second-order valence-electron chi connectivity index (χ2n) is 8.86. The van der Waals surface area contributed by atoms with Crippen molar-refractivity contribution in [2.75, 3.05) is 12.3 Å². The molecule has 156 valence electrons. The SMILES string of the molecule is O=C(N[C@@H]1C[C@H]2CC[C@H]1C2)c1ccc([C@@H]2SCC(=O)N2CCc2ccccc2)cc1. The van der Waals surface area contributed by atoms with Crippen LogP contribution in [0.15, 0.2) is 54.6 Å². The monoisotopic (exact) mass is 420 g/mol. The van der Waals surface area contributed by atoms with Crippen LogP contribution in [0.5, 0.6) is 0 Å². The molecule has 5 heteroatoms. The highest BCUT2D eigenvalue weighted by atomic mass is 32.2. The Morgan fingerprint density at radius 3 is 2.53 bits per heavy atom. The van der Waals surface area contributed by atoms with Gasteiger partial charge in [-0.15, -0.1) is 11.8 Å². The van der Waals surface area contributed by atoms with E-state index in [1.54, 1.807) is 11.8 Å². The van der Waals surface area contributed by atoms with Gasteiger partial charge in [0.15, 0.2) is 0 Å². The number of fused-ring (bicyclic) bond motifs is 2. The van der Waals surface area contributed by atoms with Gasteiger partial charge in [0, 0.05) is 18.2 Å². The van der Waals surface area contributed by atoms with Crippen molar-refractivity contribution < 1.29 is 9.59 Å². The highest BCUT2D eigenvalue weighted by molar-refractivity contribution is 8.00. The van der Waals surface area contributed by atoms with Gasteiger partial charge in [0.05, 0.1) is 5.75 Å². The maximum absolute atomic E-state index is 12.7. The van der Waals surface area contributed by atoms with Gasteiger partial charge in [0.25, 0.3) is 5.91 Å². The molecule has 2 saturated carbocycles. The summed E-state index contributed by atoms with van der Waals surface area (Å²) in [4.78, 5) is 27.1. The zero-order valence-electron chi connectivity index (χ0n) is 17.1. The largest absolute Gasteiger partial charge is 0.349 e. The molecule has 0 unspecified atom stereocenters. The minimum Gasteiger partial charge on any atom is -0.349 e. The van der Waals surface area contributed by atoms with Crippen LogP contribution in [0.4, 0.5) is 0 Å². The number of carbonyl (C=O) groups is 2. The first-order chi connectivity index (χ1) is 14.7. The van der Waals surface area contributed by atoms with Crippen molar-refractivity contribution in [1.82, 2.24) is 10.2 Å². The van der Waals surface area contributed by atoms with Crippen molar-refractivity contribution in [3.05, 3.63) is 71.3 Å². The van der Waals surface area contributed by atoms with Crippen LogP contribution in [-0.2, 0) is 11.2 Å². The Balaban J connectivity index is 1.22. The predicted molar refractivity (Wildman–Crippen MR) is 120 cm³/mol. The van der Waals surface area contributed by atoms with E-state index in [1.807, 2.05) is 47.4 Å². The zero-order chi connectivity index (χ0) is 20.5. The third-order valence-electron chi connectivity index (χ3n) is 6.96. The molecule has 5 rings (SSSR count). The molecule has 2 aromatic rings. The Labute approximate surface area is 182 Å². The van der Waals surface area contributed by atoms with E-state index in [0.29, 0.717) is 29.8 Å². The van der Waals surface area contributed by atoms with E-state index in [-0.39, 0.29) is 17.2 Å². The first kappa shape index (κ1) is 19.7. The summed E-state index contributed by atoms with van der Waals surface area (Å²) in [5.41, 5.74) is 3.05. The number of rotatable bonds is 6. The molecule has 4 nitrogen and oxygen atoms in total. The zero-order valence-corrected chi connectivity index (χ0v) is 17.9. The Kier molecular flexibility index (Phi) is 5.55. The molecule has 0 aromatic heterocycles. The molecular weight excluding hydrogens is 392 g/mol. The Bertz CT molecular complexity index is 915. The van der Waals surface area contributed by atoms with Crippen molar-refractivity contribution in [1.29, 1.82) is 0 Å². The number of amides is 2. The lowest BCUT2D eigenvalue weighted by Crippen LogP contribution is -2.38. The van der Waals surface area contributed by atoms with Gasteiger partial charge in [-0.3, -0.25) is 9.59 Å². The van der Waals surface area contributed by atoms with Crippen molar-refractivity contribution in [2.45, 2.75) is 43.5 Å². The summed E-state index contributed by atoms with van der Waals surface area (Å²) in [6.07, 6.45) is 5.89. The third-order valence-corrected chi connectivity index (χ3v) is 8.22. The highest BCUT2D eigenvalue weighted by Crippen LogP contribution is 2.44. The maximum Gasteiger partial charge on any atom is 0.251 e. The molecule has 3 fully saturated rings. The smallest absolute Gasteiger partial charge is 0.251 e. The number of thioether (sulfide) groups is 1. The quantitative estimate of drug-likeness (QED) is 0.753. The Hall–Kier alpha value is -2.27. The lowest BCUT2D eigenvalue weighted by molar-refractivity contribution is -0.128. The van der Waals surface area contributed by atoms with Crippen LogP contribution < -0.4 is 5.32 Å². The first-order valence-corrected chi connectivity index (χ1v) is 12.1. The topological polar surface area (TPSA) is 49.4 Å². The van der Waals surface area contributed by atoms with Crippen molar-refractivity contribution in [3.63, 3.8) is 0 Å². The molecule has 4 atom stereocenters. The molecule has 0 spiro atoms. The van der Waals surface area contributed by atoms with Crippen molar-refractivity contribution in [3.8, 4) is 0 Å². The van der Waals surface area contributed by atoms with Crippen LogP contribution in [0.1, 0.15) is 52.5 Å². The van der Waals surface area contributed by atoms with Gasteiger partial charge >= 0.3 is 0 Å². The standard InChI is InChI=1S/C25H28N2O2S/c28-23-16-30-25(27(23)13-12-17-4-2-1-3-5-17)20-10-8-19(9-11-20)24(29)26-22-15-18-6-7-21(22)14-18/h1-5,8-11,18,21-22,25H,6-7,12-16H2,(H,26,29)/t18-,21-,22+,25-/m0/s1. The summed E-state index contributed by atoms with van der Waals surface area (Å²) >= 11 is 1.67. The van der Waals surface area contributed by atoms with E-state index in [4.69, 9.17) is 0 Å². The lowest BCUT2D eigenvalue weighted by Gasteiger charge is -2.25. The molecule has 1 aliphatic heterocycles. The third kappa shape index (κ3) is 4.00. The molecular formula is C25H28N2O2S. The van der Waals surface area contributed by atoms with Crippen LogP contribution in [-0.4, -0.2) is 35.1 Å². The van der Waals surface area contributed by atoms with Gasteiger partial charge in [-0.25, -0.2) is 0 Å². The van der Waals surface area contributed by atoms with Gasteiger partial charge in [-0.05, 0) is 60.8 Å². The first-order valence-electron chi connectivity index (χ1n) is 11.0. The van der Waals surface area contributed by atoms with Gasteiger partial charge in [0.2, 0.25) is 5.91 Å². The summed E-state index contributed by atoms with van der Waals surface area (Å²) in [6.45, 7) is 0.715. The molecule has 1 saturated heterocycles. The van der Waals surface area contributed by atoms with Gasteiger partial charge < -0.3 is 10.2 Å². The number of nitrogens with zero attached hydrogens (tertiary/aromatic N) is 1. The average molecular weight is 421 g/mol. The number of carbonyl (C=O) groups excluding carboxylic acids is 2. The summed E-state index contributed by atoms with van der Waals surface area (Å²) in [7, 11) is 0. The summed E-state index contributed by atoms with van der Waals surface area (Å²) in [6, 6.07) is 18.5. The van der Waals surface area contributed by atoms with Crippen LogP contribution in [0.2, 0.25) is 0 Å². The fourth-order valence-corrected chi connectivity index (χ4v) is 6.56. The number of hydrogen-bond donors (Lipinski definition) is 1. The van der Waals surface area contributed by atoms with Gasteiger partial charge in [-0.2, -0.15) is 0 Å². The number of hydrogen-bond acceptors (Lipinski definition) is 3. The molecule has 2 aromatic carbocycles.